The third-order valence-corrected chi connectivity index (χ3v) is 4.67. The highest BCUT2D eigenvalue weighted by Crippen LogP contribution is 2.31. The summed E-state index contributed by atoms with van der Waals surface area (Å²) in [7, 11) is 0. The summed E-state index contributed by atoms with van der Waals surface area (Å²) >= 11 is 0. The predicted molar refractivity (Wildman–Crippen MR) is 91.3 cm³/mol. The van der Waals surface area contributed by atoms with Gasteiger partial charge in [-0.2, -0.15) is 0 Å². The Balaban J connectivity index is 0.000000253. The van der Waals surface area contributed by atoms with Crippen LogP contribution >= 0.6 is 0 Å². The van der Waals surface area contributed by atoms with Crippen molar-refractivity contribution in [2.45, 2.75) is 71.9 Å². The van der Waals surface area contributed by atoms with Crippen LogP contribution in [0.15, 0.2) is 0 Å². The van der Waals surface area contributed by atoms with E-state index in [2.05, 4.69) is 20.8 Å². The van der Waals surface area contributed by atoms with Crippen LogP contribution in [0.1, 0.15) is 59.8 Å². The predicted octanol–water partition coefficient (Wildman–Crippen LogP) is 2.52. The van der Waals surface area contributed by atoms with Gasteiger partial charge in [0.2, 0.25) is 5.91 Å². The molecule has 0 radical (unpaired) electrons. The first-order valence-corrected chi connectivity index (χ1v) is 8.63. The van der Waals surface area contributed by atoms with Gasteiger partial charge in [0, 0.05) is 38.6 Å². The maximum absolute atomic E-state index is 11.4. The van der Waals surface area contributed by atoms with Crippen LogP contribution in [0, 0.1) is 5.41 Å². The van der Waals surface area contributed by atoms with Crippen LogP contribution in [0.25, 0.3) is 0 Å². The molecule has 6 nitrogen and oxygen atoms in total. The molecule has 0 aromatic heterocycles. The molecule has 3 N–H and O–H groups in total. The van der Waals surface area contributed by atoms with Gasteiger partial charge in [-0.05, 0) is 37.5 Å². The van der Waals surface area contributed by atoms with Crippen LogP contribution in [-0.4, -0.2) is 58.6 Å². The van der Waals surface area contributed by atoms with Crippen molar-refractivity contribution in [3.05, 3.63) is 0 Å². The molecule has 0 aromatic rings. The van der Waals surface area contributed by atoms with Gasteiger partial charge in [0.05, 0.1) is 0 Å². The van der Waals surface area contributed by atoms with Gasteiger partial charge in [-0.1, -0.05) is 20.8 Å². The molecule has 2 heterocycles. The summed E-state index contributed by atoms with van der Waals surface area (Å²) in [6.07, 6.45) is 4.35. The summed E-state index contributed by atoms with van der Waals surface area (Å²) < 4.78 is 0. The average molecular weight is 327 g/mol. The molecule has 0 bridgehead atoms. The van der Waals surface area contributed by atoms with E-state index >= 15 is 0 Å². The molecule has 6 heteroatoms. The van der Waals surface area contributed by atoms with Crippen molar-refractivity contribution >= 4 is 12.0 Å². The second-order valence-electron chi connectivity index (χ2n) is 7.71. The highest BCUT2D eigenvalue weighted by Gasteiger charge is 2.36. The summed E-state index contributed by atoms with van der Waals surface area (Å²) in [6, 6.07) is 0.554. The molecule has 2 unspecified atom stereocenters. The van der Waals surface area contributed by atoms with Crippen molar-refractivity contribution < 1.29 is 14.7 Å². The van der Waals surface area contributed by atoms with E-state index in [1.54, 1.807) is 6.92 Å². The number of carbonyl (C=O) groups excluding carboxylic acids is 1. The van der Waals surface area contributed by atoms with E-state index in [0.717, 1.165) is 45.3 Å². The second kappa shape index (κ2) is 8.52. The molecule has 23 heavy (non-hydrogen) atoms. The smallest absolute Gasteiger partial charge is 0.407 e. The van der Waals surface area contributed by atoms with Crippen molar-refractivity contribution in [1.29, 1.82) is 0 Å². The Kier molecular flexibility index (Phi) is 7.32. The van der Waals surface area contributed by atoms with Crippen LogP contribution in [0.4, 0.5) is 4.79 Å². The van der Waals surface area contributed by atoms with Gasteiger partial charge >= 0.3 is 6.09 Å². The van der Waals surface area contributed by atoms with Crippen LogP contribution in [0.5, 0.6) is 0 Å². The molecule has 2 fully saturated rings. The average Bonchev–Trinajstić information content (AvgIpc) is 2.47. The van der Waals surface area contributed by atoms with Gasteiger partial charge in [-0.15, -0.1) is 0 Å². The number of hydrogen-bond acceptors (Lipinski definition) is 3. The quantitative estimate of drug-likeness (QED) is 0.716. The Morgan fingerprint density at radius 1 is 1.09 bits per heavy atom. The van der Waals surface area contributed by atoms with Crippen molar-refractivity contribution in [2.75, 3.05) is 19.6 Å². The van der Waals surface area contributed by atoms with Gasteiger partial charge in [0.15, 0.2) is 0 Å². The van der Waals surface area contributed by atoms with Crippen molar-refractivity contribution in [3.8, 4) is 0 Å². The van der Waals surface area contributed by atoms with E-state index in [0.29, 0.717) is 6.04 Å². The van der Waals surface area contributed by atoms with E-state index in [9.17, 15) is 9.59 Å². The molecular formula is C17H33N3O3. The van der Waals surface area contributed by atoms with E-state index in [1.807, 2.05) is 4.90 Å². The zero-order valence-corrected chi connectivity index (χ0v) is 15.0. The highest BCUT2D eigenvalue weighted by molar-refractivity contribution is 5.73. The number of nitrogens with zero attached hydrogens (tertiary/aromatic N) is 2. The number of carboxylic acid groups (broad SMARTS) is 1. The molecule has 2 aliphatic heterocycles. The van der Waals surface area contributed by atoms with Gasteiger partial charge in [-0.3, -0.25) is 4.79 Å². The molecule has 0 aliphatic carbocycles. The molecule has 2 amide bonds. The van der Waals surface area contributed by atoms with Crippen molar-refractivity contribution in [1.82, 2.24) is 9.80 Å². The van der Waals surface area contributed by atoms with Crippen LogP contribution < -0.4 is 5.73 Å². The lowest BCUT2D eigenvalue weighted by molar-refractivity contribution is -0.135. The molecule has 2 rings (SSSR count). The fraction of sp³-hybridized carbons (Fsp3) is 0.882. The minimum atomic E-state index is -0.769. The van der Waals surface area contributed by atoms with Crippen molar-refractivity contribution in [3.63, 3.8) is 0 Å². The highest BCUT2D eigenvalue weighted by atomic mass is 16.4. The molecule has 0 spiro atoms. The maximum atomic E-state index is 11.4. The number of rotatable bonds is 0. The second-order valence-corrected chi connectivity index (χ2v) is 7.71. The van der Waals surface area contributed by atoms with Gasteiger partial charge in [0.1, 0.15) is 0 Å². The minimum Gasteiger partial charge on any atom is -0.465 e. The Labute approximate surface area is 140 Å². The largest absolute Gasteiger partial charge is 0.465 e. The summed E-state index contributed by atoms with van der Waals surface area (Å²) in [5.74, 6) is 0.178. The number of carbonyl (C=O) groups is 2. The fourth-order valence-corrected chi connectivity index (χ4v) is 3.28. The summed E-state index contributed by atoms with van der Waals surface area (Å²) in [6.45, 7) is 10.4. The first-order chi connectivity index (χ1) is 10.6. The Morgan fingerprint density at radius 2 is 1.65 bits per heavy atom. The number of piperidine rings is 2. The van der Waals surface area contributed by atoms with Gasteiger partial charge < -0.3 is 20.6 Å². The SMILES string of the molecule is CC(=O)N1CCC(N)CC1C(C)(C)C.O=C(O)N1CCCCC1. The first kappa shape index (κ1) is 19.7. The van der Waals surface area contributed by atoms with E-state index in [-0.39, 0.29) is 17.4 Å². The molecule has 0 saturated carbocycles. The number of hydrogen-bond donors (Lipinski definition) is 2. The normalized spacial score (nSPS) is 25.4. The Morgan fingerprint density at radius 3 is 2.04 bits per heavy atom. The molecular weight excluding hydrogens is 294 g/mol. The zero-order valence-electron chi connectivity index (χ0n) is 15.0. The lowest BCUT2D eigenvalue weighted by atomic mass is 9.79. The molecule has 0 aromatic carbocycles. The van der Waals surface area contributed by atoms with Gasteiger partial charge in [0.25, 0.3) is 0 Å². The first-order valence-electron chi connectivity index (χ1n) is 8.63. The summed E-state index contributed by atoms with van der Waals surface area (Å²) in [5.41, 5.74) is 6.07. The molecule has 2 saturated heterocycles. The monoisotopic (exact) mass is 327 g/mol. The summed E-state index contributed by atoms with van der Waals surface area (Å²) in [4.78, 5) is 25.2. The third kappa shape index (κ3) is 6.37. The van der Waals surface area contributed by atoms with Gasteiger partial charge in [-0.25, -0.2) is 4.79 Å². The summed E-state index contributed by atoms with van der Waals surface area (Å²) in [5, 5.41) is 8.46. The standard InChI is InChI=1S/C11H22N2O.C6H11NO2/c1-8(14)13-6-5-9(12)7-10(13)11(2,3)4;8-6(9)7-4-2-1-3-5-7/h9-10H,5-7,12H2,1-4H3;1-5H2,(H,8,9). The lowest BCUT2D eigenvalue weighted by Gasteiger charge is -2.45. The topological polar surface area (TPSA) is 86.9 Å². The number of likely N-dealkylation sites (tertiary alicyclic amines) is 2. The molecule has 2 aliphatic rings. The maximum Gasteiger partial charge on any atom is 0.407 e. The van der Waals surface area contributed by atoms with Crippen LogP contribution in [0.2, 0.25) is 0 Å². The molecule has 134 valence electrons. The van der Waals surface area contributed by atoms with Crippen LogP contribution in [-0.2, 0) is 4.79 Å². The minimum absolute atomic E-state index is 0.129. The Hall–Kier alpha value is -1.30. The fourth-order valence-electron chi connectivity index (χ4n) is 3.28. The Bertz CT molecular complexity index is 400. The van der Waals surface area contributed by atoms with E-state index in [1.165, 1.54) is 11.3 Å². The third-order valence-electron chi connectivity index (χ3n) is 4.67. The number of nitrogens with two attached hydrogens (primary N) is 1. The van der Waals surface area contributed by atoms with Crippen LogP contribution in [0.3, 0.4) is 0 Å². The van der Waals surface area contributed by atoms with E-state index < -0.39 is 6.09 Å². The zero-order chi connectivity index (χ0) is 17.6. The van der Waals surface area contributed by atoms with Crippen molar-refractivity contribution in [2.24, 2.45) is 11.1 Å². The lowest BCUT2D eigenvalue weighted by Crippen LogP contribution is -2.54. The van der Waals surface area contributed by atoms with E-state index in [4.69, 9.17) is 10.8 Å². The molecule has 2 atom stereocenters. The number of amides is 2.